The van der Waals surface area contributed by atoms with Gasteiger partial charge in [-0.3, -0.25) is 9.59 Å². The number of aliphatic carboxylic acids is 1. The first kappa shape index (κ1) is 20.3. The molecule has 148 valence electrons. The first-order valence-corrected chi connectivity index (χ1v) is 9.79. The molecule has 3 aromatic carbocycles. The Kier molecular flexibility index (Phi) is 6.80. The summed E-state index contributed by atoms with van der Waals surface area (Å²) in [6.45, 7) is 0. The molecule has 0 aromatic heterocycles. The van der Waals surface area contributed by atoms with Crippen LogP contribution in [0, 0.1) is 5.92 Å². The van der Waals surface area contributed by atoms with Gasteiger partial charge in [-0.1, -0.05) is 66.7 Å². The summed E-state index contributed by atoms with van der Waals surface area (Å²) in [5, 5.41) is 9.52. The summed E-state index contributed by atoms with van der Waals surface area (Å²) in [7, 11) is 0. The fourth-order valence-corrected chi connectivity index (χ4v) is 3.38. The Bertz CT molecular complexity index is 948. The molecule has 0 amide bonds. The number of carbonyl (C=O) groups excluding carboxylic acids is 1. The number of anilines is 1. The normalized spacial score (nSPS) is 11.7. The Hall–Kier alpha value is -3.40. The molecule has 4 heteroatoms. The number of aryl methyl sites for hydroxylation is 1. The van der Waals surface area contributed by atoms with Crippen LogP contribution >= 0.6 is 0 Å². The highest BCUT2D eigenvalue weighted by atomic mass is 16.4. The van der Waals surface area contributed by atoms with Gasteiger partial charge in [-0.2, -0.15) is 0 Å². The molecule has 0 saturated carbocycles. The van der Waals surface area contributed by atoms with Crippen LogP contribution in [0.15, 0.2) is 78.9 Å². The minimum atomic E-state index is -0.912. The van der Waals surface area contributed by atoms with Crippen molar-refractivity contribution in [1.82, 2.24) is 0 Å². The Morgan fingerprint density at radius 2 is 1.41 bits per heavy atom. The highest BCUT2D eigenvalue weighted by Crippen LogP contribution is 2.23. The Labute approximate surface area is 171 Å². The third kappa shape index (κ3) is 5.79. The average Bonchev–Trinajstić information content (AvgIpc) is 2.74. The number of benzene rings is 3. The van der Waals surface area contributed by atoms with E-state index in [1.807, 2.05) is 66.7 Å². The molecule has 29 heavy (non-hydrogen) atoms. The monoisotopic (exact) mass is 387 g/mol. The molecule has 0 fully saturated rings. The van der Waals surface area contributed by atoms with Gasteiger partial charge < -0.3 is 10.8 Å². The van der Waals surface area contributed by atoms with E-state index in [4.69, 9.17) is 5.73 Å². The number of hydrogen-bond donors (Lipinski definition) is 2. The molecule has 4 nitrogen and oxygen atoms in total. The topological polar surface area (TPSA) is 80.4 Å². The molecule has 1 unspecified atom stereocenters. The van der Waals surface area contributed by atoms with Gasteiger partial charge in [0, 0.05) is 17.7 Å². The van der Waals surface area contributed by atoms with Crippen LogP contribution in [0.3, 0.4) is 0 Å². The molecule has 0 saturated heterocycles. The molecule has 1 atom stereocenters. The number of ketones is 1. The standard InChI is InChI=1S/C25H25NO3/c26-23-15-13-20(14-16-23)19-9-11-21(12-10-19)24(27)17-22(25(28)29)8-4-7-18-5-2-1-3-6-18/h1-3,5-6,9-16,22H,4,7-8,17,26H2,(H,28,29). The molecular formula is C25H25NO3. The predicted molar refractivity (Wildman–Crippen MR) is 116 cm³/mol. The zero-order chi connectivity index (χ0) is 20.6. The zero-order valence-electron chi connectivity index (χ0n) is 16.3. The van der Waals surface area contributed by atoms with Crippen molar-refractivity contribution >= 4 is 17.4 Å². The maximum atomic E-state index is 12.6. The second-order valence-electron chi connectivity index (χ2n) is 7.24. The van der Waals surface area contributed by atoms with Crippen LogP contribution in [-0.2, 0) is 11.2 Å². The maximum absolute atomic E-state index is 12.6. The number of carboxylic acids is 1. The van der Waals surface area contributed by atoms with E-state index in [1.54, 1.807) is 12.1 Å². The second kappa shape index (κ2) is 9.69. The van der Waals surface area contributed by atoms with Crippen LogP contribution in [0.25, 0.3) is 11.1 Å². The van der Waals surface area contributed by atoms with E-state index in [0.29, 0.717) is 17.7 Å². The van der Waals surface area contributed by atoms with Gasteiger partial charge >= 0.3 is 5.97 Å². The fourth-order valence-electron chi connectivity index (χ4n) is 3.38. The van der Waals surface area contributed by atoms with Crippen molar-refractivity contribution in [3.05, 3.63) is 90.0 Å². The van der Waals surface area contributed by atoms with E-state index < -0.39 is 11.9 Å². The molecule has 3 N–H and O–H groups in total. The number of rotatable bonds is 9. The summed E-state index contributed by atoms with van der Waals surface area (Å²) in [6, 6.07) is 24.8. The lowest BCUT2D eigenvalue weighted by Gasteiger charge is -2.12. The largest absolute Gasteiger partial charge is 0.481 e. The van der Waals surface area contributed by atoms with Gasteiger partial charge in [0.1, 0.15) is 0 Å². The highest BCUT2D eigenvalue weighted by Gasteiger charge is 2.21. The summed E-state index contributed by atoms with van der Waals surface area (Å²) < 4.78 is 0. The summed E-state index contributed by atoms with van der Waals surface area (Å²) in [5.74, 6) is -1.71. The summed E-state index contributed by atoms with van der Waals surface area (Å²) in [5.41, 5.74) is 10.1. The first-order valence-electron chi connectivity index (χ1n) is 9.79. The lowest BCUT2D eigenvalue weighted by molar-refractivity contribution is -0.141. The Morgan fingerprint density at radius 1 is 0.828 bits per heavy atom. The number of carboxylic acid groups (broad SMARTS) is 1. The smallest absolute Gasteiger partial charge is 0.306 e. The average molecular weight is 387 g/mol. The van der Waals surface area contributed by atoms with Crippen molar-refractivity contribution in [2.24, 2.45) is 5.92 Å². The quantitative estimate of drug-likeness (QED) is 0.389. The van der Waals surface area contributed by atoms with Crippen LogP contribution < -0.4 is 5.73 Å². The molecule has 3 rings (SSSR count). The van der Waals surface area contributed by atoms with E-state index in [9.17, 15) is 14.7 Å². The van der Waals surface area contributed by atoms with Crippen molar-refractivity contribution in [3.63, 3.8) is 0 Å². The molecule has 0 bridgehead atoms. The van der Waals surface area contributed by atoms with E-state index in [2.05, 4.69) is 0 Å². The van der Waals surface area contributed by atoms with Gasteiger partial charge in [0.15, 0.2) is 5.78 Å². The van der Waals surface area contributed by atoms with Gasteiger partial charge in [0.25, 0.3) is 0 Å². The van der Waals surface area contributed by atoms with E-state index in [0.717, 1.165) is 24.0 Å². The van der Waals surface area contributed by atoms with Crippen molar-refractivity contribution in [2.75, 3.05) is 5.73 Å². The van der Waals surface area contributed by atoms with Crippen molar-refractivity contribution in [1.29, 1.82) is 0 Å². The van der Waals surface area contributed by atoms with Gasteiger partial charge in [0.2, 0.25) is 0 Å². The summed E-state index contributed by atoms with van der Waals surface area (Å²) in [4.78, 5) is 24.2. The first-order chi connectivity index (χ1) is 14.0. The van der Waals surface area contributed by atoms with Crippen LogP contribution in [0.4, 0.5) is 5.69 Å². The molecule has 0 heterocycles. The van der Waals surface area contributed by atoms with E-state index in [-0.39, 0.29) is 12.2 Å². The van der Waals surface area contributed by atoms with E-state index in [1.165, 1.54) is 5.56 Å². The zero-order valence-corrected chi connectivity index (χ0v) is 16.3. The van der Waals surface area contributed by atoms with Crippen LogP contribution in [-0.4, -0.2) is 16.9 Å². The third-order valence-electron chi connectivity index (χ3n) is 5.09. The van der Waals surface area contributed by atoms with Crippen molar-refractivity contribution in [3.8, 4) is 11.1 Å². The summed E-state index contributed by atoms with van der Waals surface area (Å²) in [6.07, 6.45) is 2.06. The van der Waals surface area contributed by atoms with Crippen LogP contribution in [0.1, 0.15) is 35.2 Å². The second-order valence-corrected chi connectivity index (χ2v) is 7.24. The van der Waals surface area contributed by atoms with Crippen molar-refractivity contribution < 1.29 is 14.7 Å². The van der Waals surface area contributed by atoms with Crippen LogP contribution in [0.2, 0.25) is 0 Å². The fraction of sp³-hybridized carbons (Fsp3) is 0.200. The van der Waals surface area contributed by atoms with Crippen LogP contribution in [0.5, 0.6) is 0 Å². The lowest BCUT2D eigenvalue weighted by atomic mass is 9.92. The Morgan fingerprint density at radius 3 is 2.00 bits per heavy atom. The van der Waals surface area contributed by atoms with Crippen molar-refractivity contribution in [2.45, 2.75) is 25.7 Å². The summed E-state index contributed by atoms with van der Waals surface area (Å²) >= 11 is 0. The molecule has 0 aliphatic carbocycles. The maximum Gasteiger partial charge on any atom is 0.306 e. The minimum absolute atomic E-state index is 0.0192. The molecule has 0 radical (unpaired) electrons. The molecule has 3 aromatic rings. The van der Waals surface area contributed by atoms with Gasteiger partial charge in [0.05, 0.1) is 5.92 Å². The highest BCUT2D eigenvalue weighted by molar-refractivity contribution is 5.98. The molecular weight excluding hydrogens is 362 g/mol. The molecule has 0 aliphatic rings. The Balaban J connectivity index is 1.59. The number of nitrogen functional groups attached to an aromatic ring is 1. The number of carbonyl (C=O) groups is 2. The lowest BCUT2D eigenvalue weighted by Crippen LogP contribution is -2.18. The van der Waals surface area contributed by atoms with Gasteiger partial charge in [-0.25, -0.2) is 0 Å². The predicted octanol–water partition coefficient (Wildman–Crippen LogP) is 5.23. The number of hydrogen-bond acceptors (Lipinski definition) is 3. The molecule has 0 spiro atoms. The molecule has 0 aliphatic heterocycles. The number of Topliss-reactive ketones (excluding diaryl/α,β-unsaturated/α-hetero) is 1. The van der Waals surface area contributed by atoms with Gasteiger partial charge in [-0.05, 0) is 48.1 Å². The SMILES string of the molecule is Nc1ccc(-c2ccc(C(=O)CC(CCCc3ccccc3)C(=O)O)cc2)cc1. The van der Waals surface area contributed by atoms with Gasteiger partial charge in [-0.15, -0.1) is 0 Å². The minimum Gasteiger partial charge on any atom is -0.481 e. The number of nitrogens with two attached hydrogens (primary N) is 1. The third-order valence-corrected chi connectivity index (χ3v) is 5.09. The van der Waals surface area contributed by atoms with E-state index >= 15 is 0 Å².